The molecule has 3 aliphatic rings. The molecule has 1 saturated heterocycles. The third-order valence-electron chi connectivity index (χ3n) is 4.96. The van der Waals surface area contributed by atoms with Crippen LogP contribution in [0.1, 0.15) is 29.9 Å². The summed E-state index contributed by atoms with van der Waals surface area (Å²) in [5, 5.41) is 9.25. The Morgan fingerprint density at radius 1 is 1.35 bits per heavy atom. The van der Waals surface area contributed by atoms with Crippen LogP contribution in [0.25, 0.3) is 0 Å². The van der Waals surface area contributed by atoms with Crippen LogP contribution < -0.4 is 4.90 Å². The molecule has 1 N–H and O–H groups in total. The maximum absolute atomic E-state index is 11.3. The molecule has 1 aromatic carbocycles. The molecule has 0 saturated carbocycles. The van der Waals surface area contributed by atoms with E-state index >= 15 is 0 Å². The van der Waals surface area contributed by atoms with Crippen LogP contribution in [-0.4, -0.2) is 41.8 Å². The first-order valence-electron chi connectivity index (χ1n) is 7.22. The van der Waals surface area contributed by atoms with Crippen molar-refractivity contribution in [1.29, 1.82) is 0 Å². The molecule has 106 valence electrons. The van der Waals surface area contributed by atoms with Gasteiger partial charge in [0.25, 0.3) is 0 Å². The van der Waals surface area contributed by atoms with E-state index in [9.17, 15) is 9.90 Å². The molecule has 0 aliphatic carbocycles. The fraction of sp³-hybridized carbons (Fsp3) is 0.533. The van der Waals surface area contributed by atoms with Crippen LogP contribution in [0.3, 0.4) is 0 Å². The summed E-state index contributed by atoms with van der Waals surface area (Å²) >= 11 is 3.61. The Kier molecular flexibility index (Phi) is 2.74. The smallest absolute Gasteiger partial charge is 0.407 e. The van der Waals surface area contributed by atoms with Crippen LogP contribution in [-0.2, 0) is 6.42 Å². The minimum atomic E-state index is -0.784. The standard InChI is InChI=1S/C15H17BrN2O2/c16-10-6-9-2-1-4-18-13-3-5-17(15(19)20)8-12(13)11(7-10)14(9)18/h6-7,12-13H,1-5,8H2,(H,19,20)/t12-,13-/m0/s1. The molecule has 2 atom stereocenters. The van der Waals surface area contributed by atoms with E-state index in [0.717, 1.165) is 23.9 Å². The molecule has 1 amide bonds. The van der Waals surface area contributed by atoms with Crippen molar-refractivity contribution in [2.24, 2.45) is 0 Å². The quantitative estimate of drug-likeness (QED) is 0.791. The van der Waals surface area contributed by atoms with Crippen molar-refractivity contribution >= 4 is 27.7 Å². The molecule has 4 nitrogen and oxygen atoms in total. The van der Waals surface area contributed by atoms with Crippen LogP contribution in [0.2, 0.25) is 0 Å². The fourth-order valence-electron chi connectivity index (χ4n) is 4.18. The third kappa shape index (κ3) is 1.68. The van der Waals surface area contributed by atoms with Crippen LogP contribution in [0.5, 0.6) is 0 Å². The van der Waals surface area contributed by atoms with Crippen LogP contribution in [0.4, 0.5) is 10.5 Å². The molecule has 5 heteroatoms. The zero-order valence-corrected chi connectivity index (χ0v) is 12.8. The van der Waals surface area contributed by atoms with Gasteiger partial charge >= 0.3 is 6.09 Å². The maximum Gasteiger partial charge on any atom is 0.407 e. The Hall–Kier alpha value is -1.23. The van der Waals surface area contributed by atoms with Crippen molar-refractivity contribution < 1.29 is 9.90 Å². The summed E-state index contributed by atoms with van der Waals surface area (Å²) < 4.78 is 1.13. The topological polar surface area (TPSA) is 43.8 Å². The molecule has 1 fully saturated rings. The van der Waals surface area contributed by atoms with Gasteiger partial charge < -0.3 is 14.9 Å². The number of carboxylic acid groups (broad SMARTS) is 1. The summed E-state index contributed by atoms with van der Waals surface area (Å²) in [5.74, 6) is 0.337. The fourth-order valence-corrected chi connectivity index (χ4v) is 4.70. The van der Waals surface area contributed by atoms with Gasteiger partial charge in [0.2, 0.25) is 0 Å². The summed E-state index contributed by atoms with van der Waals surface area (Å²) in [6.45, 7) is 2.42. The van der Waals surface area contributed by atoms with Crippen molar-refractivity contribution in [2.45, 2.75) is 31.2 Å². The summed E-state index contributed by atoms with van der Waals surface area (Å²) in [6, 6.07) is 4.93. The number of halogens is 1. The molecule has 4 rings (SSSR count). The minimum absolute atomic E-state index is 0.337. The van der Waals surface area contributed by atoms with E-state index in [4.69, 9.17) is 0 Å². The lowest BCUT2D eigenvalue weighted by Crippen LogP contribution is -2.48. The molecule has 1 aromatic rings. The van der Waals surface area contributed by atoms with Crippen molar-refractivity contribution in [2.75, 3.05) is 24.5 Å². The van der Waals surface area contributed by atoms with Crippen LogP contribution in [0, 0.1) is 0 Å². The monoisotopic (exact) mass is 336 g/mol. The molecule has 0 radical (unpaired) electrons. The molecular formula is C15H17BrN2O2. The van der Waals surface area contributed by atoms with Crippen molar-refractivity contribution in [3.8, 4) is 0 Å². The van der Waals surface area contributed by atoms with Gasteiger partial charge in [-0.05, 0) is 42.5 Å². The van der Waals surface area contributed by atoms with Gasteiger partial charge in [-0.25, -0.2) is 4.79 Å². The highest BCUT2D eigenvalue weighted by Gasteiger charge is 2.44. The number of rotatable bonds is 0. The summed E-state index contributed by atoms with van der Waals surface area (Å²) in [6.07, 6.45) is 2.51. The Bertz CT molecular complexity index is 589. The predicted octanol–water partition coefficient (Wildman–Crippen LogP) is 3.05. The van der Waals surface area contributed by atoms with Crippen LogP contribution in [0.15, 0.2) is 16.6 Å². The number of piperidine rings is 1. The molecule has 20 heavy (non-hydrogen) atoms. The second-order valence-electron chi connectivity index (χ2n) is 5.99. The van der Waals surface area contributed by atoms with Crippen molar-refractivity contribution in [3.05, 3.63) is 27.7 Å². The number of likely N-dealkylation sites (tertiary alicyclic amines) is 1. The van der Waals surface area contributed by atoms with E-state index in [1.807, 2.05) is 0 Å². The van der Waals surface area contributed by atoms with Gasteiger partial charge in [0.15, 0.2) is 0 Å². The molecule has 3 aliphatic heterocycles. The van der Waals surface area contributed by atoms with Gasteiger partial charge in [-0.3, -0.25) is 0 Å². The highest BCUT2D eigenvalue weighted by molar-refractivity contribution is 9.10. The molecular weight excluding hydrogens is 320 g/mol. The average Bonchev–Trinajstić information content (AvgIpc) is 2.74. The second-order valence-corrected chi connectivity index (χ2v) is 6.91. The van der Waals surface area contributed by atoms with E-state index in [1.54, 1.807) is 4.90 Å². The van der Waals surface area contributed by atoms with Gasteiger partial charge in [0, 0.05) is 41.8 Å². The van der Waals surface area contributed by atoms with Gasteiger partial charge in [-0.2, -0.15) is 0 Å². The zero-order valence-electron chi connectivity index (χ0n) is 11.2. The second kappa shape index (κ2) is 4.38. The number of benzene rings is 1. The first kappa shape index (κ1) is 12.5. The first-order valence-corrected chi connectivity index (χ1v) is 8.01. The van der Waals surface area contributed by atoms with Gasteiger partial charge in [0.05, 0.1) is 0 Å². The number of carbonyl (C=O) groups is 1. The molecule has 0 unspecified atom stereocenters. The highest BCUT2D eigenvalue weighted by atomic mass is 79.9. The third-order valence-corrected chi connectivity index (χ3v) is 5.42. The highest BCUT2D eigenvalue weighted by Crippen LogP contribution is 2.49. The van der Waals surface area contributed by atoms with E-state index in [0.29, 0.717) is 25.0 Å². The number of nitrogens with zero attached hydrogens (tertiary/aromatic N) is 2. The number of hydrogen-bond donors (Lipinski definition) is 1. The lowest BCUT2D eigenvalue weighted by molar-refractivity contribution is 0.127. The lowest BCUT2D eigenvalue weighted by Gasteiger charge is -2.39. The SMILES string of the molecule is O=C(O)N1CC[C@H]2[C@@H](C1)c1cc(Br)cc3c1N2CCC3. The summed E-state index contributed by atoms with van der Waals surface area (Å²) in [5.41, 5.74) is 4.18. The van der Waals surface area contributed by atoms with Gasteiger partial charge in [-0.1, -0.05) is 15.9 Å². The largest absolute Gasteiger partial charge is 0.465 e. The average molecular weight is 337 g/mol. The lowest BCUT2D eigenvalue weighted by atomic mass is 9.89. The molecule has 0 bridgehead atoms. The first-order chi connectivity index (χ1) is 9.65. The zero-order chi connectivity index (χ0) is 13.9. The number of fused-ring (bicyclic) bond motifs is 3. The normalized spacial score (nSPS) is 27.2. The number of aryl methyl sites for hydroxylation is 1. The van der Waals surface area contributed by atoms with E-state index < -0.39 is 6.09 Å². The van der Waals surface area contributed by atoms with Crippen molar-refractivity contribution in [3.63, 3.8) is 0 Å². The summed E-state index contributed by atoms with van der Waals surface area (Å²) in [7, 11) is 0. The predicted molar refractivity (Wildman–Crippen MR) is 80.6 cm³/mol. The van der Waals surface area contributed by atoms with Gasteiger partial charge in [0.1, 0.15) is 0 Å². The number of anilines is 1. The van der Waals surface area contributed by atoms with Crippen LogP contribution >= 0.6 is 15.9 Å². The minimum Gasteiger partial charge on any atom is -0.465 e. The Labute approximate surface area is 126 Å². The molecule has 3 heterocycles. The molecule has 0 spiro atoms. The van der Waals surface area contributed by atoms with E-state index in [1.165, 1.54) is 23.2 Å². The molecule has 0 aromatic heterocycles. The maximum atomic E-state index is 11.3. The Morgan fingerprint density at radius 2 is 2.20 bits per heavy atom. The number of amides is 1. The number of hydrogen-bond acceptors (Lipinski definition) is 2. The van der Waals surface area contributed by atoms with Crippen molar-refractivity contribution in [1.82, 2.24) is 4.90 Å². The Morgan fingerprint density at radius 3 is 3.00 bits per heavy atom. The Balaban J connectivity index is 1.79. The van der Waals surface area contributed by atoms with Gasteiger partial charge in [-0.15, -0.1) is 0 Å². The van der Waals surface area contributed by atoms with E-state index in [-0.39, 0.29) is 0 Å². The summed E-state index contributed by atoms with van der Waals surface area (Å²) in [4.78, 5) is 15.4. The van der Waals surface area contributed by atoms with E-state index in [2.05, 4.69) is 33.0 Å².